The number of hydrogen-bond donors (Lipinski definition) is 1. The zero-order chi connectivity index (χ0) is 12.6. The molecule has 0 bridgehead atoms. The molecule has 1 N–H and O–H groups in total. The zero-order valence-corrected chi connectivity index (χ0v) is 9.76. The van der Waals surface area contributed by atoms with Crippen molar-refractivity contribution < 1.29 is 13.6 Å². The number of benzene rings is 1. The van der Waals surface area contributed by atoms with Gasteiger partial charge in [-0.15, -0.1) is 0 Å². The number of nitrogens with one attached hydrogen (secondary N) is 1. The van der Waals surface area contributed by atoms with E-state index < -0.39 is 11.6 Å². The Labute approximate surface area is 98.4 Å². The molecule has 1 atom stereocenters. The molecule has 5 heteroatoms. The number of nitrogens with zero attached hydrogens (tertiary/aromatic N) is 1. The van der Waals surface area contributed by atoms with Crippen LogP contribution in [0.15, 0.2) is 12.1 Å². The van der Waals surface area contributed by atoms with E-state index in [9.17, 15) is 13.6 Å². The average molecular weight is 240 g/mol. The minimum Gasteiger partial charge on any atom is -0.355 e. The lowest BCUT2D eigenvalue weighted by Gasteiger charge is -2.35. The van der Waals surface area contributed by atoms with Crippen LogP contribution in [0.1, 0.15) is 20.3 Å². The van der Waals surface area contributed by atoms with E-state index >= 15 is 0 Å². The summed E-state index contributed by atoms with van der Waals surface area (Å²) in [5, 5.41) is 2.55. The third-order valence-electron chi connectivity index (χ3n) is 3.07. The number of carbonyl (C=O) groups is 1. The summed E-state index contributed by atoms with van der Waals surface area (Å²) >= 11 is 0. The Hall–Kier alpha value is -1.65. The molecular formula is C12H14F2N2O. The first-order chi connectivity index (χ1) is 8.04. The lowest BCUT2D eigenvalue weighted by Crippen LogP contribution is -2.43. The fourth-order valence-electron chi connectivity index (χ4n) is 1.94. The molecule has 1 aliphatic rings. The van der Waals surface area contributed by atoms with Crippen molar-refractivity contribution in [2.75, 3.05) is 16.8 Å². The Balaban J connectivity index is 2.53. The minimum atomic E-state index is -0.900. The van der Waals surface area contributed by atoms with Crippen LogP contribution >= 0.6 is 0 Å². The number of amides is 1. The topological polar surface area (TPSA) is 32.3 Å². The Bertz CT molecular complexity index is 462. The predicted molar refractivity (Wildman–Crippen MR) is 62.1 cm³/mol. The van der Waals surface area contributed by atoms with Crippen molar-refractivity contribution in [1.82, 2.24) is 0 Å². The van der Waals surface area contributed by atoms with Crippen molar-refractivity contribution in [3.63, 3.8) is 0 Å². The van der Waals surface area contributed by atoms with Crippen molar-refractivity contribution in [3.05, 3.63) is 23.8 Å². The van der Waals surface area contributed by atoms with E-state index in [1.54, 1.807) is 4.90 Å². The molecule has 92 valence electrons. The van der Waals surface area contributed by atoms with E-state index in [0.717, 1.165) is 12.5 Å². The number of carbonyl (C=O) groups excluding carboxylic acids is 1. The summed E-state index contributed by atoms with van der Waals surface area (Å²) < 4.78 is 27.0. The minimum absolute atomic E-state index is 0.0175. The molecule has 1 aliphatic heterocycles. The Kier molecular flexibility index (Phi) is 3.00. The van der Waals surface area contributed by atoms with E-state index in [2.05, 4.69) is 5.32 Å². The van der Waals surface area contributed by atoms with Crippen LogP contribution in [0.5, 0.6) is 0 Å². The molecule has 0 saturated heterocycles. The second-order valence-electron chi connectivity index (χ2n) is 4.19. The van der Waals surface area contributed by atoms with E-state index in [0.29, 0.717) is 5.69 Å². The molecule has 0 fully saturated rings. The number of fused-ring (bicyclic) bond motifs is 1. The molecule has 0 aliphatic carbocycles. The van der Waals surface area contributed by atoms with Gasteiger partial charge in [0.05, 0.1) is 12.2 Å². The van der Waals surface area contributed by atoms with Crippen molar-refractivity contribution in [3.8, 4) is 0 Å². The zero-order valence-electron chi connectivity index (χ0n) is 9.76. The van der Waals surface area contributed by atoms with Gasteiger partial charge < -0.3 is 10.2 Å². The smallest absolute Gasteiger partial charge is 0.243 e. The van der Waals surface area contributed by atoms with Crippen molar-refractivity contribution in [2.24, 2.45) is 0 Å². The molecular weight excluding hydrogens is 226 g/mol. The quantitative estimate of drug-likeness (QED) is 0.861. The Morgan fingerprint density at radius 3 is 2.82 bits per heavy atom. The van der Waals surface area contributed by atoms with Crippen LogP contribution in [-0.4, -0.2) is 18.5 Å². The van der Waals surface area contributed by atoms with Crippen molar-refractivity contribution in [2.45, 2.75) is 26.3 Å². The van der Waals surface area contributed by atoms with Crippen LogP contribution in [0.25, 0.3) is 0 Å². The normalized spacial score (nSPS) is 16.5. The molecule has 0 saturated carbocycles. The highest BCUT2D eigenvalue weighted by Crippen LogP contribution is 2.35. The van der Waals surface area contributed by atoms with Gasteiger partial charge in [-0.25, -0.2) is 8.78 Å². The molecule has 1 aromatic rings. The van der Waals surface area contributed by atoms with Gasteiger partial charge in [-0.2, -0.15) is 0 Å². The van der Waals surface area contributed by atoms with E-state index in [4.69, 9.17) is 0 Å². The van der Waals surface area contributed by atoms with E-state index in [-0.39, 0.29) is 24.2 Å². The second kappa shape index (κ2) is 4.31. The van der Waals surface area contributed by atoms with Gasteiger partial charge in [0, 0.05) is 6.04 Å². The average Bonchev–Trinajstić information content (AvgIpc) is 2.32. The van der Waals surface area contributed by atoms with Gasteiger partial charge in [-0.05, 0) is 25.5 Å². The van der Waals surface area contributed by atoms with E-state index in [1.165, 1.54) is 6.07 Å². The first-order valence-corrected chi connectivity index (χ1v) is 5.59. The third-order valence-corrected chi connectivity index (χ3v) is 3.07. The van der Waals surface area contributed by atoms with Gasteiger partial charge >= 0.3 is 0 Å². The fraction of sp³-hybridized carbons (Fsp3) is 0.417. The van der Waals surface area contributed by atoms with Gasteiger partial charge in [0.1, 0.15) is 5.69 Å². The molecule has 1 aromatic carbocycles. The lowest BCUT2D eigenvalue weighted by molar-refractivity contribution is -0.115. The summed E-state index contributed by atoms with van der Waals surface area (Å²) in [5.74, 6) is -2.00. The van der Waals surface area contributed by atoms with Gasteiger partial charge in [0.25, 0.3) is 0 Å². The highest BCUT2D eigenvalue weighted by atomic mass is 19.2. The standard InChI is InChI=1S/C12H14F2N2O/c1-3-7(2)16-6-10(17)15-9-5-4-8(13)11(14)12(9)16/h4-5,7H,3,6H2,1-2H3,(H,15,17). The lowest BCUT2D eigenvalue weighted by atomic mass is 10.1. The molecule has 3 nitrogen and oxygen atoms in total. The molecule has 17 heavy (non-hydrogen) atoms. The highest BCUT2D eigenvalue weighted by Gasteiger charge is 2.29. The van der Waals surface area contributed by atoms with Crippen LogP contribution < -0.4 is 10.2 Å². The van der Waals surface area contributed by atoms with Crippen molar-refractivity contribution >= 4 is 17.3 Å². The van der Waals surface area contributed by atoms with Crippen molar-refractivity contribution in [1.29, 1.82) is 0 Å². The summed E-state index contributed by atoms with van der Waals surface area (Å²) in [6.07, 6.45) is 0.753. The summed E-state index contributed by atoms with van der Waals surface area (Å²) in [6, 6.07) is 2.39. The van der Waals surface area contributed by atoms with Crippen LogP contribution in [0.2, 0.25) is 0 Å². The van der Waals surface area contributed by atoms with Crippen LogP contribution in [0.4, 0.5) is 20.2 Å². The number of anilines is 2. The Morgan fingerprint density at radius 2 is 2.18 bits per heavy atom. The van der Waals surface area contributed by atoms with Crippen LogP contribution in [0.3, 0.4) is 0 Å². The number of hydrogen-bond acceptors (Lipinski definition) is 2. The number of rotatable bonds is 2. The fourth-order valence-corrected chi connectivity index (χ4v) is 1.94. The van der Waals surface area contributed by atoms with Gasteiger partial charge in [0.2, 0.25) is 5.91 Å². The summed E-state index contributed by atoms with van der Waals surface area (Å²) in [7, 11) is 0. The predicted octanol–water partition coefficient (Wildman–Crippen LogP) is 2.52. The monoisotopic (exact) mass is 240 g/mol. The molecule has 1 amide bonds. The SMILES string of the molecule is CCC(C)N1CC(=O)Nc2ccc(F)c(F)c21. The van der Waals surface area contributed by atoms with Gasteiger partial charge in [-0.3, -0.25) is 4.79 Å². The molecule has 0 spiro atoms. The maximum absolute atomic E-state index is 13.8. The summed E-state index contributed by atoms with van der Waals surface area (Å²) in [5.41, 5.74) is 0.486. The maximum atomic E-state index is 13.8. The van der Waals surface area contributed by atoms with Crippen LogP contribution in [-0.2, 0) is 4.79 Å². The highest BCUT2D eigenvalue weighted by molar-refractivity contribution is 6.01. The molecule has 2 rings (SSSR count). The molecule has 1 unspecified atom stereocenters. The third kappa shape index (κ3) is 1.97. The second-order valence-corrected chi connectivity index (χ2v) is 4.19. The van der Waals surface area contributed by atoms with E-state index in [1.807, 2.05) is 13.8 Å². The molecule has 1 heterocycles. The summed E-state index contributed by atoms with van der Waals surface area (Å²) in [6.45, 7) is 3.88. The van der Waals surface area contributed by atoms with Crippen LogP contribution in [0, 0.1) is 11.6 Å². The first-order valence-electron chi connectivity index (χ1n) is 5.59. The number of halogens is 2. The van der Waals surface area contributed by atoms with Gasteiger partial charge in [0.15, 0.2) is 11.6 Å². The first kappa shape index (κ1) is 11.8. The maximum Gasteiger partial charge on any atom is 0.243 e. The largest absolute Gasteiger partial charge is 0.355 e. The van der Waals surface area contributed by atoms with Gasteiger partial charge in [-0.1, -0.05) is 6.92 Å². The molecule has 0 radical (unpaired) electrons. The summed E-state index contributed by atoms with van der Waals surface area (Å²) in [4.78, 5) is 13.1. The Morgan fingerprint density at radius 1 is 1.47 bits per heavy atom. The molecule has 0 aromatic heterocycles.